The number of piperidine rings is 1. The summed E-state index contributed by atoms with van der Waals surface area (Å²) in [5.74, 6) is 0.770. The van der Waals surface area contributed by atoms with Crippen molar-refractivity contribution in [2.45, 2.75) is 61.2 Å². The van der Waals surface area contributed by atoms with Crippen LogP contribution in [0.2, 0.25) is 5.02 Å². The standard InChI is InChI=1S/C19H20ClF3N4O3S/c1-10-17(24-9-25-18(10)30-13-6-11-2-3-12(7-13)26-11)27-16-5-4-14(8-15(16)20)31(28,29)19(21,22)23/h4-5,8-9,11-13,26H,2-3,6-7H2,1H3,(H,24,25,27). The van der Waals surface area contributed by atoms with Crippen LogP contribution >= 0.6 is 11.6 Å². The number of nitrogens with one attached hydrogen (secondary N) is 2. The number of sulfone groups is 1. The minimum atomic E-state index is -5.49. The minimum Gasteiger partial charge on any atom is -0.474 e. The van der Waals surface area contributed by atoms with Crippen LogP contribution in [0.1, 0.15) is 31.2 Å². The van der Waals surface area contributed by atoms with Crippen molar-refractivity contribution in [3.8, 4) is 5.88 Å². The van der Waals surface area contributed by atoms with Crippen LogP contribution in [-0.4, -0.2) is 42.1 Å². The predicted octanol–water partition coefficient (Wildman–Crippen LogP) is 4.14. The van der Waals surface area contributed by atoms with Gasteiger partial charge in [0, 0.05) is 12.1 Å². The normalized spacial score (nSPS) is 23.6. The van der Waals surface area contributed by atoms with E-state index in [9.17, 15) is 21.6 Å². The molecule has 31 heavy (non-hydrogen) atoms. The Balaban J connectivity index is 1.53. The van der Waals surface area contributed by atoms with Gasteiger partial charge in [-0.25, -0.2) is 18.4 Å². The Morgan fingerprint density at radius 3 is 2.48 bits per heavy atom. The molecule has 2 fully saturated rings. The molecule has 0 radical (unpaired) electrons. The zero-order valence-corrected chi connectivity index (χ0v) is 18.0. The summed E-state index contributed by atoms with van der Waals surface area (Å²) in [6.07, 6.45) is 5.41. The van der Waals surface area contributed by atoms with Crippen molar-refractivity contribution < 1.29 is 26.3 Å². The highest BCUT2D eigenvalue weighted by Gasteiger charge is 2.47. The number of hydrogen-bond donors (Lipinski definition) is 2. The van der Waals surface area contributed by atoms with E-state index < -0.39 is 20.2 Å². The number of fused-ring (bicyclic) bond motifs is 2. The fourth-order valence-corrected chi connectivity index (χ4v) is 5.04. The topological polar surface area (TPSA) is 93.2 Å². The molecule has 3 heterocycles. The number of aromatic nitrogens is 2. The van der Waals surface area contributed by atoms with Crippen LogP contribution in [0, 0.1) is 6.92 Å². The third-order valence-corrected chi connectivity index (χ3v) is 7.35. The lowest BCUT2D eigenvalue weighted by atomic mass is 10.0. The Kier molecular flexibility index (Phi) is 5.78. The van der Waals surface area contributed by atoms with E-state index >= 15 is 0 Å². The van der Waals surface area contributed by atoms with Crippen molar-refractivity contribution in [3.63, 3.8) is 0 Å². The molecule has 4 rings (SSSR count). The number of ether oxygens (including phenoxy) is 1. The Morgan fingerprint density at radius 2 is 1.87 bits per heavy atom. The predicted molar refractivity (Wildman–Crippen MR) is 108 cm³/mol. The number of anilines is 2. The summed E-state index contributed by atoms with van der Waals surface area (Å²) < 4.78 is 67.5. The van der Waals surface area contributed by atoms with Gasteiger partial charge < -0.3 is 15.4 Å². The van der Waals surface area contributed by atoms with Crippen LogP contribution in [-0.2, 0) is 9.84 Å². The largest absolute Gasteiger partial charge is 0.501 e. The molecule has 1 aromatic carbocycles. The van der Waals surface area contributed by atoms with Gasteiger partial charge in [0.15, 0.2) is 0 Å². The highest BCUT2D eigenvalue weighted by atomic mass is 35.5. The average Bonchev–Trinajstić information content (AvgIpc) is 3.03. The zero-order valence-electron chi connectivity index (χ0n) is 16.4. The van der Waals surface area contributed by atoms with Gasteiger partial charge in [-0.2, -0.15) is 13.2 Å². The molecule has 7 nitrogen and oxygen atoms in total. The minimum absolute atomic E-state index is 0.0376. The van der Waals surface area contributed by atoms with E-state index in [2.05, 4.69) is 20.6 Å². The van der Waals surface area contributed by atoms with Gasteiger partial charge in [-0.15, -0.1) is 0 Å². The van der Waals surface area contributed by atoms with E-state index in [1.807, 2.05) is 0 Å². The third-order valence-electron chi connectivity index (χ3n) is 5.55. The molecule has 0 aliphatic carbocycles. The first-order chi connectivity index (χ1) is 14.5. The monoisotopic (exact) mass is 476 g/mol. The molecule has 2 aliphatic heterocycles. The van der Waals surface area contributed by atoms with Gasteiger partial charge in [0.25, 0.3) is 9.84 Å². The van der Waals surface area contributed by atoms with Crippen molar-refractivity contribution >= 4 is 32.9 Å². The summed E-state index contributed by atoms with van der Waals surface area (Å²) in [7, 11) is -5.49. The summed E-state index contributed by atoms with van der Waals surface area (Å²) >= 11 is 6.05. The lowest BCUT2D eigenvalue weighted by molar-refractivity contribution is -0.0436. The molecule has 0 saturated carbocycles. The Bertz CT molecular complexity index is 1090. The molecule has 1 aromatic heterocycles. The summed E-state index contributed by atoms with van der Waals surface area (Å²) in [5.41, 5.74) is -4.60. The first kappa shape index (κ1) is 22.1. The first-order valence-electron chi connectivity index (χ1n) is 9.67. The van der Waals surface area contributed by atoms with Crippen LogP contribution < -0.4 is 15.4 Å². The molecule has 2 saturated heterocycles. The van der Waals surface area contributed by atoms with Gasteiger partial charge >= 0.3 is 5.51 Å². The number of alkyl halides is 3. The van der Waals surface area contributed by atoms with E-state index in [-0.39, 0.29) is 16.8 Å². The van der Waals surface area contributed by atoms with Gasteiger partial charge in [0.2, 0.25) is 5.88 Å². The van der Waals surface area contributed by atoms with Crippen LogP contribution in [0.4, 0.5) is 24.7 Å². The first-order valence-corrected chi connectivity index (χ1v) is 11.5. The molecular formula is C19H20ClF3N4O3S. The number of halogens is 4. The van der Waals surface area contributed by atoms with Crippen LogP contribution in [0.3, 0.4) is 0 Å². The van der Waals surface area contributed by atoms with Crippen LogP contribution in [0.25, 0.3) is 0 Å². The smallest absolute Gasteiger partial charge is 0.474 e. The zero-order chi connectivity index (χ0) is 22.4. The van der Waals surface area contributed by atoms with E-state index in [0.717, 1.165) is 43.9 Å². The molecule has 2 aliphatic rings. The maximum Gasteiger partial charge on any atom is 0.501 e. The van der Waals surface area contributed by atoms with Crippen molar-refractivity contribution in [2.75, 3.05) is 5.32 Å². The number of benzene rings is 1. The van der Waals surface area contributed by atoms with E-state index in [1.54, 1.807) is 6.92 Å². The third kappa shape index (κ3) is 4.44. The maximum atomic E-state index is 12.8. The van der Waals surface area contributed by atoms with Crippen molar-refractivity contribution in [2.24, 2.45) is 0 Å². The van der Waals surface area contributed by atoms with Crippen LogP contribution in [0.15, 0.2) is 29.4 Å². The Morgan fingerprint density at radius 1 is 1.19 bits per heavy atom. The second kappa shape index (κ2) is 8.10. The Hall–Kier alpha value is -2.11. The highest BCUT2D eigenvalue weighted by Crippen LogP contribution is 2.36. The van der Waals surface area contributed by atoms with Crippen LogP contribution in [0.5, 0.6) is 5.88 Å². The molecule has 12 heteroatoms. The van der Waals surface area contributed by atoms with E-state index in [4.69, 9.17) is 16.3 Å². The van der Waals surface area contributed by atoms with E-state index in [1.165, 1.54) is 6.33 Å². The van der Waals surface area contributed by atoms with Crippen molar-refractivity contribution in [1.82, 2.24) is 15.3 Å². The second-order valence-electron chi connectivity index (χ2n) is 7.72. The molecule has 168 valence electrons. The SMILES string of the molecule is Cc1c(Nc2ccc(S(=O)(=O)C(F)(F)F)cc2Cl)ncnc1OC1CC2CCC(C1)N2. The van der Waals surface area contributed by atoms with Gasteiger partial charge in [-0.1, -0.05) is 11.6 Å². The fraction of sp³-hybridized carbons (Fsp3) is 0.474. The second-order valence-corrected chi connectivity index (χ2v) is 10.1. The lowest BCUT2D eigenvalue weighted by Crippen LogP contribution is -2.42. The molecule has 2 unspecified atom stereocenters. The highest BCUT2D eigenvalue weighted by molar-refractivity contribution is 7.92. The molecular weight excluding hydrogens is 457 g/mol. The summed E-state index contributed by atoms with van der Waals surface area (Å²) in [6.45, 7) is 1.75. The number of hydrogen-bond acceptors (Lipinski definition) is 7. The van der Waals surface area contributed by atoms with E-state index in [0.29, 0.717) is 29.3 Å². The number of rotatable bonds is 5. The molecule has 0 amide bonds. The molecule has 2 bridgehead atoms. The maximum absolute atomic E-state index is 12.8. The fourth-order valence-electron chi connectivity index (χ4n) is 3.96. The van der Waals surface area contributed by atoms with Gasteiger partial charge in [-0.3, -0.25) is 0 Å². The van der Waals surface area contributed by atoms with Crippen molar-refractivity contribution in [3.05, 3.63) is 35.1 Å². The summed E-state index contributed by atoms with van der Waals surface area (Å²) in [5, 5.41) is 6.26. The van der Waals surface area contributed by atoms with Gasteiger partial charge in [-0.05, 0) is 50.8 Å². The molecule has 2 N–H and O–H groups in total. The number of nitrogens with zero attached hydrogens (tertiary/aromatic N) is 2. The Labute approximate surface area is 182 Å². The summed E-state index contributed by atoms with van der Waals surface area (Å²) in [6, 6.07) is 3.66. The lowest BCUT2D eigenvalue weighted by Gasteiger charge is -2.29. The molecule has 0 spiro atoms. The molecule has 2 aromatic rings. The van der Waals surface area contributed by atoms with Gasteiger partial charge in [0.1, 0.15) is 18.2 Å². The van der Waals surface area contributed by atoms with Gasteiger partial charge in [0.05, 0.1) is 21.2 Å². The molecule has 2 atom stereocenters. The van der Waals surface area contributed by atoms with Crippen molar-refractivity contribution in [1.29, 1.82) is 0 Å². The average molecular weight is 477 g/mol. The summed E-state index contributed by atoms with van der Waals surface area (Å²) in [4.78, 5) is 7.43. The quantitative estimate of drug-likeness (QED) is 0.670.